The van der Waals surface area contributed by atoms with E-state index < -0.39 is 5.60 Å². The van der Waals surface area contributed by atoms with Crippen molar-refractivity contribution in [3.8, 4) is 12.3 Å². The van der Waals surface area contributed by atoms with Gasteiger partial charge in [0.1, 0.15) is 5.60 Å². The van der Waals surface area contributed by atoms with E-state index in [2.05, 4.69) is 19.8 Å². The quantitative estimate of drug-likeness (QED) is 0.529. The van der Waals surface area contributed by atoms with Crippen molar-refractivity contribution in [1.29, 1.82) is 0 Å². The highest BCUT2D eigenvalue weighted by atomic mass is 16.3. The highest BCUT2D eigenvalue weighted by Gasteiger charge is 2.62. The first-order valence-corrected chi connectivity index (χ1v) is 9.48. The van der Waals surface area contributed by atoms with E-state index in [1.54, 1.807) is 11.1 Å². The van der Waals surface area contributed by atoms with E-state index in [1.807, 2.05) is 0 Å². The molecule has 2 saturated carbocycles. The lowest BCUT2D eigenvalue weighted by Crippen LogP contribution is -2.52. The van der Waals surface area contributed by atoms with Gasteiger partial charge in [0.15, 0.2) is 0 Å². The third-order valence-corrected chi connectivity index (χ3v) is 8.08. The van der Waals surface area contributed by atoms with Gasteiger partial charge in [-0.05, 0) is 75.0 Å². The van der Waals surface area contributed by atoms with E-state index in [0.29, 0.717) is 23.7 Å². The van der Waals surface area contributed by atoms with Crippen LogP contribution in [0.25, 0.3) is 0 Å². The summed E-state index contributed by atoms with van der Waals surface area (Å²) >= 11 is 0. The van der Waals surface area contributed by atoms with Crippen molar-refractivity contribution >= 4 is 0 Å². The summed E-state index contributed by atoms with van der Waals surface area (Å²) in [5.41, 5.74) is 2.23. The molecular weight excluding hydrogens is 284 g/mol. The van der Waals surface area contributed by atoms with Gasteiger partial charge in [-0.3, -0.25) is 0 Å². The fraction of sp³-hybridized carbons (Fsp3) is 0.810. The van der Waals surface area contributed by atoms with E-state index in [0.717, 1.165) is 44.9 Å². The van der Waals surface area contributed by atoms with Crippen LogP contribution in [0.3, 0.4) is 0 Å². The summed E-state index contributed by atoms with van der Waals surface area (Å²) < 4.78 is 0. The maximum absolute atomic E-state index is 11.0. The van der Waals surface area contributed by atoms with Crippen LogP contribution in [-0.2, 0) is 0 Å². The fourth-order valence-electron chi connectivity index (χ4n) is 6.85. The third kappa shape index (κ3) is 2.02. The first-order chi connectivity index (χ1) is 10.9. The fourth-order valence-corrected chi connectivity index (χ4v) is 6.85. The number of allylic oxidation sites excluding steroid dienone is 1. The number of hydrogen-bond acceptors (Lipinski definition) is 2. The summed E-state index contributed by atoms with van der Waals surface area (Å²) in [6.07, 6.45) is 13.8. The maximum atomic E-state index is 11.0. The van der Waals surface area contributed by atoms with Gasteiger partial charge >= 0.3 is 0 Å². The van der Waals surface area contributed by atoms with Gasteiger partial charge in [-0.1, -0.05) is 30.9 Å². The average Bonchev–Trinajstić information content (AvgIpc) is 2.79. The minimum Gasteiger partial charge on any atom is -0.393 e. The molecule has 0 aromatic heterocycles. The van der Waals surface area contributed by atoms with E-state index in [4.69, 9.17) is 6.42 Å². The Morgan fingerprint density at radius 1 is 1.17 bits per heavy atom. The predicted octanol–water partition coefficient (Wildman–Crippen LogP) is 3.67. The van der Waals surface area contributed by atoms with E-state index in [9.17, 15) is 10.2 Å². The molecule has 0 bridgehead atoms. The molecule has 0 aromatic rings. The minimum atomic E-state index is -0.903. The van der Waals surface area contributed by atoms with Gasteiger partial charge in [-0.25, -0.2) is 0 Å². The van der Waals surface area contributed by atoms with Crippen molar-refractivity contribution in [3.05, 3.63) is 11.1 Å². The van der Waals surface area contributed by atoms with Gasteiger partial charge in [-0.2, -0.15) is 0 Å². The Labute approximate surface area is 140 Å². The number of fused-ring (bicyclic) bond motifs is 4. The second-order valence-corrected chi connectivity index (χ2v) is 9.00. The Bertz CT molecular complexity index is 585. The van der Waals surface area contributed by atoms with Crippen molar-refractivity contribution in [3.63, 3.8) is 0 Å². The van der Waals surface area contributed by atoms with Crippen LogP contribution in [-0.4, -0.2) is 21.9 Å². The Morgan fingerprint density at radius 3 is 2.70 bits per heavy atom. The van der Waals surface area contributed by atoms with E-state index in [1.165, 1.54) is 6.42 Å². The third-order valence-electron chi connectivity index (χ3n) is 8.08. The number of rotatable bonds is 0. The molecule has 0 aliphatic heterocycles. The van der Waals surface area contributed by atoms with Crippen molar-refractivity contribution in [1.82, 2.24) is 0 Å². The Hall–Kier alpha value is -0.780. The van der Waals surface area contributed by atoms with Gasteiger partial charge in [-0.15, -0.1) is 6.42 Å². The summed E-state index contributed by atoms with van der Waals surface area (Å²) in [6, 6.07) is 0. The summed E-state index contributed by atoms with van der Waals surface area (Å²) in [5, 5.41) is 21.0. The molecule has 7 atom stereocenters. The highest BCUT2D eigenvalue weighted by molar-refractivity contribution is 5.30. The molecule has 0 heterocycles. The first kappa shape index (κ1) is 15.7. The van der Waals surface area contributed by atoms with Crippen LogP contribution in [0, 0.1) is 41.4 Å². The lowest BCUT2D eigenvalue weighted by molar-refractivity contribution is -0.0813. The van der Waals surface area contributed by atoms with Crippen LogP contribution in [0.5, 0.6) is 0 Å². The van der Waals surface area contributed by atoms with Gasteiger partial charge in [0.05, 0.1) is 6.10 Å². The Kier molecular flexibility index (Phi) is 3.49. The second-order valence-electron chi connectivity index (χ2n) is 9.00. The molecule has 126 valence electrons. The number of hydrogen-bond donors (Lipinski definition) is 2. The smallest absolute Gasteiger partial charge is 0.130 e. The Balaban J connectivity index is 1.70. The lowest BCUT2D eigenvalue weighted by Gasteiger charge is -2.55. The molecular formula is C21H30O2. The summed E-state index contributed by atoms with van der Waals surface area (Å²) in [7, 11) is 0. The molecule has 4 rings (SSSR count). The van der Waals surface area contributed by atoms with Crippen LogP contribution in [0.2, 0.25) is 0 Å². The van der Waals surface area contributed by atoms with Crippen molar-refractivity contribution in [2.24, 2.45) is 29.1 Å². The molecule has 2 nitrogen and oxygen atoms in total. The number of aliphatic hydroxyl groups excluding tert-OH is 1. The monoisotopic (exact) mass is 314 g/mol. The van der Waals surface area contributed by atoms with E-state index in [-0.39, 0.29) is 11.5 Å². The van der Waals surface area contributed by atoms with Gasteiger partial charge in [0.25, 0.3) is 0 Å². The number of aliphatic hydroxyl groups is 2. The van der Waals surface area contributed by atoms with Crippen LogP contribution < -0.4 is 0 Å². The zero-order valence-electron chi connectivity index (χ0n) is 14.5. The topological polar surface area (TPSA) is 40.5 Å². The summed E-state index contributed by atoms with van der Waals surface area (Å²) in [5.74, 6) is 5.32. The number of terminal acetylenes is 1. The van der Waals surface area contributed by atoms with Gasteiger partial charge in [0.2, 0.25) is 0 Å². The molecule has 0 saturated heterocycles. The van der Waals surface area contributed by atoms with Crippen molar-refractivity contribution in [2.75, 3.05) is 0 Å². The molecule has 0 amide bonds. The standard InChI is InChI=1S/C21H30O2/c1-4-21(23)10-8-18-19-13(2)11-14-12-15(22)5-6-16(14)17(19)7-9-20(18,21)3/h1,13,15,17-19,22-23H,5-12H2,2-3H3/t13-,15-,17-,18+,19-,20+,21+/m0/s1. The molecule has 4 aliphatic rings. The van der Waals surface area contributed by atoms with Gasteiger partial charge < -0.3 is 10.2 Å². The molecule has 23 heavy (non-hydrogen) atoms. The zero-order valence-corrected chi connectivity index (χ0v) is 14.5. The second kappa shape index (κ2) is 5.11. The van der Waals surface area contributed by atoms with Crippen molar-refractivity contribution < 1.29 is 10.2 Å². The maximum Gasteiger partial charge on any atom is 0.130 e. The van der Waals surface area contributed by atoms with Crippen LogP contribution >= 0.6 is 0 Å². The molecule has 0 radical (unpaired) electrons. The highest BCUT2D eigenvalue weighted by Crippen LogP contribution is 2.65. The van der Waals surface area contributed by atoms with E-state index >= 15 is 0 Å². The average molecular weight is 314 g/mol. The summed E-state index contributed by atoms with van der Waals surface area (Å²) in [4.78, 5) is 0. The van der Waals surface area contributed by atoms with Crippen LogP contribution in [0.15, 0.2) is 11.1 Å². The van der Waals surface area contributed by atoms with Crippen LogP contribution in [0.4, 0.5) is 0 Å². The van der Waals surface area contributed by atoms with Gasteiger partial charge in [0, 0.05) is 5.41 Å². The largest absolute Gasteiger partial charge is 0.393 e. The van der Waals surface area contributed by atoms with Crippen LogP contribution in [0.1, 0.15) is 65.2 Å². The Morgan fingerprint density at radius 2 is 1.96 bits per heavy atom. The minimum absolute atomic E-state index is 0.108. The molecule has 4 aliphatic carbocycles. The summed E-state index contributed by atoms with van der Waals surface area (Å²) in [6.45, 7) is 4.64. The molecule has 2 heteroatoms. The first-order valence-electron chi connectivity index (χ1n) is 9.48. The predicted molar refractivity (Wildman–Crippen MR) is 91.5 cm³/mol. The molecule has 2 fully saturated rings. The molecule has 2 N–H and O–H groups in total. The lowest BCUT2D eigenvalue weighted by atomic mass is 9.50. The normalized spacial score (nSPS) is 52.4. The zero-order chi connectivity index (χ0) is 16.4. The molecule has 0 unspecified atom stereocenters. The molecule has 0 spiro atoms. The van der Waals surface area contributed by atoms with Crippen molar-refractivity contribution in [2.45, 2.75) is 76.9 Å². The SMILES string of the molecule is C#C[C@@]1(O)CC[C@@H]2[C@H]3[C@@H](C)CC4=C(CC[C@H](O)C4)[C@@H]3CC[C@]21C. The molecule has 0 aromatic carbocycles.